The molecule has 8 heteroatoms. The van der Waals surface area contributed by atoms with Gasteiger partial charge in [-0.2, -0.15) is 8.78 Å². The molecule has 2 aliphatic rings. The van der Waals surface area contributed by atoms with Crippen LogP contribution in [-0.4, -0.2) is 40.0 Å². The Morgan fingerprint density at radius 3 is 2.90 bits per heavy atom. The second-order valence-electron chi connectivity index (χ2n) is 7.64. The van der Waals surface area contributed by atoms with Crippen LogP contribution in [0.3, 0.4) is 0 Å². The molecule has 0 saturated carbocycles. The number of nitrogens with two attached hydrogens (primary N) is 1. The van der Waals surface area contributed by atoms with Gasteiger partial charge in [0.05, 0.1) is 29.2 Å². The van der Waals surface area contributed by atoms with Gasteiger partial charge in [-0.05, 0) is 37.3 Å². The van der Waals surface area contributed by atoms with Gasteiger partial charge in [0.25, 0.3) is 5.91 Å². The molecule has 1 aromatic heterocycles. The third kappa shape index (κ3) is 3.04. The highest BCUT2D eigenvalue weighted by Crippen LogP contribution is 2.49. The Kier molecular flexibility index (Phi) is 3.71. The van der Waals surface area contributed by atoms with Crippen LogP contribution in [0.15, 0.2) is 36.4 Å². The van der Waals surface area contributed by atoms with Crippen molar-refractivity contribution < 1.29 is 22.4 Å². The molecule has 0 aliphatic carbocycles. The Labute approximate surface area is 181 Å². The number of carbonyl (C=O) groups excluding carboxylic acids is 1. The van der Waals surface area contributed by atoms with Crippen LogP contribution >= 0.6 is 0 Å². The van der Waals surface area contributed by atoms with E-state index in [1.807, 2.05) is 0 Å². The first-order chi connectivity index (χ1) is 16.1. The van der Waals surface area contributed by atoms with Crippen LogP contribution in [0.25, 0.3) is 11.0 Å². The van der Waals surface area contributed by atoms with Crippen LogP contribution in [0.4, 0.5) is 8.78 Å². The average molecular weight is 425 g/mol. The lowest BCUT2D eigenvalue weighted by Gasteiger charge is -2.24. The molecule has 6 nitrogen and oxygen atoms in total. The van der Waals surface area contributed by atoms with E-state index < -0.39 is 31.6 Å². The van der Waals surface area contributed by atoms with Gasteiger partial charge in [-0.1, -0.05) is 17.9 Å². The fraction of sp³-hybridized carbons (Fsp3) is 0.304. The maximum atomic E-state index is 13.4. The van der Waals surface area contributed by atoms with E-state index in [2.05, 4.69) is 16.8 Å². The van der Waals surface area contributed by atoms with Crippen LogP contribution in [0.5, 0.6) is 5.75 Å². The first kappa shape index (κ1) is 16.3. The largest absolute Gasteiger partial charge is 0.434 e. The van der Waals surface area contributed by atoms with Gasteiger partial charge in [-0.25, -0.2) is 4.98 Å². The van der Waals surface area contributed by atoms with Crippen molar-refractivity contribution in [3.05, 3.63) is 58.9 Å². The lowest BCUT2D eigenvalue weighted by molar-refractivity contribution is -0.0507. The minimum absolute atomic E-state index is 0.0159. The number of halogens is 2. The predicted octanol–water partition coefficient (Wildman–Crippen LogP) is 3.46. The highest BCUT2D eigenvalue weighted by atomic mass is 19.3. The van der Waals surface area contributed by atoms with Crippen molar-refractivity contribution in [3.63, 3.8) is 0 Å². The number of nitrogens with zero attached hydrogens (tertiary/aromatic N) is 3. The molecule has 0 radical (unpaired) electrons. The van der Waals surface area contributed by atoms with Gasteiger partial charge in [0.2, 0.25) is 0 Å². The van der Waals surface area contributed by atoms with Crippen LogP contribution < -0.4 is 10.5 Å². The number of hydrogen-bond donors (Lipinski definition) is 1. The van der Waals surface area contributed by atoms with E-state index >= 15 is 0 Å². The number of ether oxygens (including phenoxy) is 1. The van der Waals surface area contributed by atoms with E-state index in [1.54, 1.807) is 29.7 Å². The number of aromatic nitrogens is 2. The van der Waals surface area contributed by atoms with Crippen molar-refractivity contribution in [2.45, 2.75) is 38.1 Å². The van der Waals surface area contributed by atoms with Gasteiger partial charge >= 0.3 is 6.61 Å². The van der Waals surface area contributed by atoms with E-state index in [4.69, 9.17) is 14.6 Å². The highest BCUT2D eigenvalue weighted by molar-refractivity contribution is 5.97. The molecule has 0 saturated heterocycles. The lowest BCUT2D eigenvalue weighted by Crippen LogP contribution is -2.30. The van der Waals surface area contributed by atoms with Crippen molar-refractivity contribution in [2.75, 3.05) is 6.98 Å². The second kappa shape index (κ2) is 7.06. The van der Waals surface area contributed by atoms with Crippen molar-refractivity contribution >= 4 is 16.9 Å². The molecule has 31 heavy (non-hydrogen) atoms. The lowest BCUT2D eigenvalue weighted by atomic mass is 9.97. The summed E-state index contributed by atoms with van der Waals surface area (Å²) in [6, 6.07) is 7.69. The van der Waals surface area contributed by atoms with Crippen LogP contribution in [0.2, 0.25) is 0 Å². The Morgan fingerprint density at radius 1 is 1.32 bits per heavy atom. The maximum Gasteiger partial charge on any atom is 0.387 e. The average Bonchev–Trinajstić information content (AvgIpc) is 3.24. The molecule has 0 spiro atoms. The van der Waals surface area contributed by atoms with Crippen LogP contribution in [-0.2, 0) is 0 Å². The van der Waals surface area contributed by atoms with Crippen LogP contribution in [0, 0.1) is 11.8 Å². The summed E-state index contributed by atoms with van der Waals surface area (Å²) in [6.45, 7) is -4.12. The normalized spacial score (nSPS) is 22.0. The molecule has 1 amide bonds. The number of alkyl halides is 2. The zero-order chi connectivity index (χ0) is 24.4. The van der Waals surface area contributed by atoms with Gasteiger partial charge < -0.3 is 19.9 Å². The van der Waals surface area contributed by atoms with Crippen molar-refractivity contribution in [3.8, 4) is 17.6 Å². The van der Waals surface area contributed by atoms with Crippen LogP contribution in [0.1, 0.15) is 56.8 Å². The summed E-state index contributed by atoms with van der Waals surface area (Å²) in [7, 11) is 0. The smallest absolute Gasteiger partial charge is 0.387 e. The highest BCUT2D eigenvalue weighted by Gasteiger charge is 2.44. The molecule has 3 aromatic rings. The quantitative estimate of drug-likeness (QED) is 0.639. The molecule has 0 fully saturated rings. The van der Waals surface area contributed by atoms with Gasteiger partial charge in [-0.3, -0.25) is 4.79 Å². The summed E-state index contributed by atoms with van der Waals surface area (Å²) in [6.07, 6.45) is 0.161. The van der Waals surface area contributed by atoms with Gasteiger partial charge in [-0.15, -0.1) is 0 Å². The SMILES string of the molecule is [2H]C([2H])([2H])N1C(=O)c2cccc(OC(F)F)c2[C@H]2C[C@@H]1c1nc3ccc(C#C[C@H](C)N)cc3n12. The Bertz CT molecular complexity index is 1370. The predicted molar refractivity (Wildman–Crippen MR) is 111 cm³/mol. The molecule has 0 unspecified atom stereocenters. The summed E-state index contributed by atoms with van der Waals surface area (Å²) in [5, 5.41) is 0. The second-order valence-corrected chi connectivity index (χ2v) is 7.64. The topological polar surface area (TPSA) is 73.4 Å². The third-order valence-electron chi connectivity index (χ3n) is 5.59. The molecule has 2 bridgehead atoms. The van der Waals surface area contributed by atoms with Gasteiger partial charge in [0.15, 0.2) is 0 Å². The number of fused-ring (bicyclic) bond motifs is 9. The molecule has 158 valence electrons. The van der Waals surface area contributed by atoms with E-state index in [0.717, 1.165) is 4.90 Å². The molecule has 2 aromatic carbocycles. The molecule has 3 heterocycles. The van der Waals surface area contributed by atoms with E-state index in [0.29, 0.717) is 22.4 Å². The monoisotopic (exact) mass is 425 g/mol. The summed E-state index contributed by atoms with van der Waals surface area (Å²) in [5.74, 6) is 5.31. The first-order valence-corrected chi connectivity index (χ1v) is 9.76. The van der Waals surface area contributed by atoms with Crippen molar-refractivity contribution in [1.29, 1.82) is 0 Å². The number of imidazole rings is 1. The molecule has 3 atom stereocenters. The summed E-state index contributed by atoms with van der Waals surface area (Å²) >= 11 is 0. The molecule has 2 N–H and O–H groups in total. The van der Waals surface area contributed by atoms with Crippen molar-refractivity contribution in [2.24, 2.45) is 5.73 Å². The van der Waals surface area contributed by atoms with Gasteiger partial charge in [0.1, 0.15) is 11.6 Å². The Hall–Kier alpha value is -3.44. The number of hydrogen-bond acceptors (Lipinski definition) is 4. The maximum absolute atomic E-state index is 13.4. The fourth-order valence-corrected chi connectivity index (χ4v) is 4.38. The minimum atomic E-state index is -3.11. The zero-order valence-electron chi connectivity index (χ0n) is 19.5. The van der Waals surface area contributed by atoms with E-state index in [1.165, 1.54) is 18.2 Å². The number of rotatable bonds is 2. The molecule has 5 rings (SSSR count). The number of amides is 1. The Morgan fingerprint density at radius 2 is 2.16 bits per heavy atom. The van der Waals surface area contributed by atoms with Crippen molar-refractivity contribution in [1.82, 2.24) is 14.5 Å². The standard InChI is InChI=1S/C23H20F2N4O2/c1-12(26)6-7-13-8-9-15-16(10-13)29-17-11-18(21(29)27-15)28(2)22(30)14-4-3-5-19(20(14)17)31-23(24)25/h3-5,8-10,12,17-18,23H,11,26H2,1-2H3/t12-,17+,18+/m0/s1/i2D3. The molecular formula is C23H20F2N4O2. The molecule has 2 aliphatic heterocycles. The van der Waals surface area contributed by atoms with E-state index in [-0.39, 0.29) is 29.3 Å². The Balaban J connectivity index is 1.79. The minimum Gasteiger partial charge on any atom is -0.434 e. The molecular weight excluding hydrogens is 402 g/mol. The zero-order valence-corrected chi connectivity index (χ0v) is 16.5. The number of benzene rings is 2. The third-order valence-corrected chi connectivity index (χ3v) is 5.59. The number of carbonyl (C=O) groups is 1. The summed E-state index contributed by atoms with van der Waals surface area (Å²) < 4.78 is 57.2. The summed E-state index contributed by atoms with van der Waals surface area (Å²) in [4.78, 5) is 18.8. The summed E-state index contributed by atoms with van der Waals surface area (Å²) in [5.41, 5.74) is 7.86. The van der Waals surface area contributed by atoms with Gasteiger partial charge in [0, 0.05) is 34.2 Å². The first-order valence-electron chi connectivity index (χ1n) is 11.3. The fourth-order valence-electron chi connectivity index (χ4n) is 4.38. The van der Waals surface area contributed by atoms with E-state index in [9.17, 15) is 13.6 Å².